The zero-order valence-electron chi connectivity index (χ0n) is 23.8. The number of nitrogens with zero attached hydrogens (tertiary/aromatic N) is 2. The fourth-order valence-corrected chi connectivity index (χ4v) is 4.97. The molecular formula is C32H34N2O6. The molecule has 0 aromatic heterocycles. The monoisotopic (exact) mass is 542 g/mol. The second-order valence-electron chi connectivity index (χ2n) is 10.3. The molecule has 0 radical (unpaired) electrons. The molecule has 4 rings (SSSR count). The lowest BCUT2D eigenvalue weighted by Gasteiger charge is -2.26. The van der Waals surface area contributed by atoms with Crippen molar-refractivity contribution in [3.8, 4) is 5.75 Å². The SMILES string of the molecule is COC(=O)c1ccc(N2C(=O)C(=O)/C(=C(/O)c3cc(C(C)C)c(OC)cc3C)C2c2ccc(N(C)C)cc2)cc1. The summed E-state index contributed by atoms with van der Waals surface area (Å²) in [5.41, 5.74) is 4.33. The van der Waals surface area contributed by atoms with Crippen LogP contribution in [0.25, 0.3) is 5.76 Å². The van der Waals surface area contributed by atoms with Crippen LogP contribution < -0.4 is 14.5 Å². The lowest BCUT2D eigenvalue weighted by atomic mass is 9.91. The molecule has 1 unspecified atom stereocenters. The Morgan fingerprint density at radius 1 is 0.975 bits per heavy atom. The quantitative estimate of drug-likeness (QED) is 0.180. The minimum Gasteiger partial charge on any atom is -0.507 e. The van der Waals surface area contributed by atoms with Crippen LogP contribution >= 0.6 is 0 Å². The van der Waals surface area contributed by atoms with Gasteiger partial charge in [-0.25, -0.2) is 4.79 Å². The maximum absolute atomic E-state index is 13.6. The number of amides is 1. The Kier molecular flexibility index (Phi) is 8.00. The van der Waals surface area contributed by atoms with Crippen LogP contribution in [-0.4, -0.2) is 51.1 Å². The molecule has 1 heterocycles. The van der Waals surface area contributed by atoms with E-state index in [1.807, 2.05) is 76.2 Å². The Balaban J connectivity index is 1.95. The highest BCUT2D eigenvalue weighted by Crippen LogP contribution is 2.43. The first-order chi connectivity index (χ1) is 19.0. The van der Waals surface area contributed by atoms with Crippen LogP contribution in [0.5, 0.6) is 5.75 Å². The van der Waals surface area contributed by atoms with Crippen molar-refractivity contribution >= 4 is 34.8 Å². The average molecular weight is 543 g/mol. The molecular weight excluding hydrogens is 508 g/mol. The van der Waals surface area contributed by atoms with Crippen LogP contribution in [0.1, 0.15) is 58.4 Å². The van der Waals surface area contributed by atoms with Crippen molar-refractivity contribution in [2.45, 2.75) is 32.7 Å². The minimum absolute atomic E-state index is 0.0115. The second kappa shape index (κ2) is 11.3. The summed E-state index contributed by atoms with van der Waals surface area (Å²) in [6, 6.07) is 16.5. The molecule has 0 aliphatic carbocycles. The van der Waals surface area contributed by atoms with Gasteiger partial charge in [0.1, 0.15) is 11.5 Å². The Hall–Kier alpha value is -4.59. The number of esters is 1. The third-order valence-electron chi connectivity index (χ3n) is 7.19. The molecule has 1 aliphatic heterocycles. The molecule has 8 heteroatoms. The number of ether oxygens (including phenoxy) is 2. The molecule has 8 nitrogen and oxygen atoms in total. The molecule has 1 atom stereocenters. The van der Waals surface area contributed by atoms with E-state index in [2.05, 4.69) is 0 Å². The van der Waals surface area contributed by atoms with Crippen molar-refractivity contribution < 1.29 is 29.0 Å². The van der Waals surface area contributed by atoms with Crippen molar-refractivity contribution in [3.05, 3.63) is 94.1 Å². The number of hydrogen-bond donors (Lipinski definition) is 1. The van der Waals surface area contributed by atoms with Gasteiger partial charge in [0, 0.05) is 31.0 Å². The first-order valence-corrected chi connectivity index (χ1v) is 13.0. The topological polar surface area (TPSA) is 96.4 Å². The average Bonchev–Trinajstić information content (AvgIpc) is 3.21. The number of methoxy groups -OCH3 is 2. The van der Waals surface area contributed by atoms with Crippen LogP contribution in [0.15, 0.2) is 66.2 Å². The van der Waals surface area contributed by atoms with Gasteiger partial charge in [0.2, 0.25) is 0 Å². The van der Waals surface area contributed by atoms with Crippen molar-refractivity contribution in [3.63, 3.8) is 0 Å². The first kappa shape index (κ1) is 28.4. The number of rotatable bonds is 7. The molecule has 1 N–H and O–H groups in total. The Labute approximate surface area is 234 Å². The van der Waals surface area contributed by atoms with Gasteiger partial charge in [-0.15, -0.1) is 0 Å². The number of benzene rings is 3. The summed E-state index contributed by atoms with van der Waals surface area (Å²) in [4.78, 5) is 42.5. The summed E-state index contributed by atoms with van der Waals surface area (Å²) in [5.74, 6) is -1.56. The largest absolute Gasteiger partial charge is 0.507 e. The fourth-order valence-electron chi connectivity index (χ4n) is 4.97. The number of aliphatic hydroxyl groups excluding tert-OH is 1. The molecule has 208 valence electrons. The van der Waals surface area contributed by atoms with Crippen LogP contribution in [-0.2, 0) is 14.3 Å². The van der Waals surface area contributed by atoms with Gasteiger partial charge in [-0.2, -0.15) is 0 Å². The maximum Gasteiger partial charge on any atom is 0.337 e. The predicted molar refractivity (Wildman–Crippen MR) is 155 cm³/mol. The number of hydrogen-bond acceptors (Lipinski definition) is 7. The summed E-state index contributed by atoms with van der Waals surface area (Å²) in [5, 5.41) is 11.7. The highest BCUT2D eigenvalue weighted by atomic mass is 16.5. The summed E-state index contributed by atoms with van der Waals surface area (Å²) >= 11 is 0. The van der Waals surface area contributed by atoms with Gasteiger partial charge in [-0.3, -0.25) is 14.5 Å². The molecule has 1 fully saturated rings. The summed E-state index contributed by atoms with van der Waals surface area (Å²) in [7, 11) is 6.72. The minimum atomic E-state index is -0.899. The first-order valence-electron chi connectivity index (χ1n) is 13.0. The number of aryl methyl sites for hydroxylation is 1. The van der Waals surface area contributed by atoms with Crippen molar-refractivity contribution in [2.75, 3.05) is 38.1 Å². The second-order valence-corrected chi connectivity index (χ2v) is 10.3. The van der Waals surface area contributed by atoms with Gasteiger partial charge in [0.25, 0.3) is 11.7 Å². The molecule has 0 saturated carbocycles. The number of ketones is 1. The van der Waals surface area contributed by atoms with Gasteiger partial charge in [-0.05, 0) is 78.1 Å². The number of anilines is 2. The van der Waals surface area contributed by atoms with Gasteiger partial charge in [-0.1, -0.05) is 26.0 Å². The van der Waals surface area contributed by atoms with Gasteiger partial charge >= 0.3 is 5.97 Å². The summed E-state index contributed by atoms with van der Waals surface area (Å²) < 4.78 is 10.3. The van der Waals surface area contributed by atoms with Gasteiger partial charge in [0.05, 0.1) is 31.4 Å². The fraction of sp³-hybridized carbons (Fsp3) is 0.281. The standard InChI is InChI=1S/C32H34N2O6/c1-18(2)24-17-25(19(3)16-26(24)39-6)29(35)27-28(20-8-12-22(13-9-20)33(4)5)34(31(37)30(27)36)23-14-10-21(11-15-23)32(38)40-7/h8-18,28,35H,1-7H3/b29-27+. The number of carbonyl (C=O) groups excluding carboxylic acids is 3. The van der Waals surface area contributed by atoms with Crippen LogP contribution in [0.3, 0.4) is 0 Å². The molecule has 0 bridgehead atoms. The summed E-state index contributed by atoms with van der Waals surface area (Å²) in [6.45, 7) is 5.85. The van der Waals surface area contributed by atoms with Crippen LogP contribution in [0.2, 0.25) is 0 Å². The normalized spacial score (nSPS) is 16.4. The number of carbonyl (C=O) groups is 3. The lowest BCUT2D eigenvalue weighted by Crippen LogP contribution is -2.29. The Bertz CT molecular complexity index is 1490. The maximum atomic E-state index is 13.6. The zero-order chi connectivity index (χ0) is 29.3. The van der Waals surface area contributed by atoms with E-state index in [-0.39, 0.29) is 17.3 Å². The smallest absolute Gasteiger partial charge is 0.337 e. The number of Topliss-reactive ketones (excluding diaryl/α,β-unsaturated/α-hetero) is 1. The highest BCUT2D eigenvalue weighted by Gasteiger charge is 2.47. The lowest BCUT2D eigenvalue weighted by molar-refractivity contribution is -0.132. The summed E-state index contributed by atoms with van der Waals surface area (Å²) in [6.07, 6.45) is 0. The number of aliphatic hydroxyl groups is 1. The Morgan fingerprint density at radius 2 is 1.60 bits per heavy atom. The van der Waals surface area contributed by atoms with Gasteiger partial charge in [0.15, 0.2) is 0 Å². The highest BCUT2D eigenvalue weighted by molar-refractivity contribution is 6.51. The third-order valence-corrected chi connectivity index (χ3v) is 7.19. The molecule has 40 heavy (non-hydrogen) atoms. The van der Waals surface area contributed by atoms with Gasteiger partial charge < -0.3 is 19.5 Å². The Morgan fingerprint density at radius 3 is 2.12 bits per heavy atom. The molecule has 3 aromatic carbocycles. The van der Waals surface area contributed by atoms with E-state index in [1.54, 1.807) is 19.2 Å². The molecule has 1 amide bonds. The molecule has 3 aromatic rings. The molecule has 0 spiro atoms. The van der Waals surface area contributed by atoms with Crippen molar-refractivity contribution in [2.24, 2.45) is 0 Å². The molecule has 1 saturated heterocycles. The van der Waals surface area contributed by atoms with E-state index in [1.165, 1.54) is 24.1 Å². The van der Waals surface area contributed by atoms with Crippen LogP contribution in [0, 0.1) is 6.92 Å². The predicted octanol–water partition coefficient (Wildman–Crippen LogP) is 5.61. The van der Waals surface area contributed by atoms with Crippen molar-refractivity contribution in [1.29, 1.82) is 0 Å². The van der Waals surface area contributed by atoms with E-state index >= 15 is 0 Å². The van der Waals surface area contributed by atoms with Crippen molar-refractivity contribution in [1.82, 2.24) is 0 Å². The third kappa shape index (κ3) is 5.04. The van der Waals surface area contributed by atoms with E-state index in [0.29, 0.717) is 33.7 Å². The molecule has 1 aliphatic rings. The van der Waals surface area contributed by atoms with E-state index in [9.17, 15) is 19.5 Å². The zero-order valence-corrected chi connectivity index (χ0v) is 23.8. The van der Waals surface area contributed by atoms with E-state index in [0.717, 1.165) is 11.3 Å². The van der Waals surface area contributed by atoms with Crippen LogP contribution in [0.4, 0.5) is 11.4 Å². The van der Waals surface area contributed by atoms with E-state index in [4.69, 9.17) is 9.47 Å². The van der Waals surface area contributed by atoms with E-state index < -0.39 is 23.7 Å².